The molecule has 6 heteroatoms. The van der Waals surface area contributed by atoms with E-state index in [9.17, 15) is 9.59 Å². The van der Waals surface area contributed by atoms with Crippen molar-refractivity contribution in [2.45, 2.75) is 57.8 Å². The molecule has 1 saturated carbocycles. The van der Waals surface area contributed by atoms with Gasteiger partial charge in [0.05, 0.1) is 19.0 Å². The van der Waals surface area contributed by atoms with E-state index in [1.54, 1.807) is 11.0 Å². The van der Waals surface area contributed by atoms with Crippen LogP contribution in [0.5, 0.6) is 0 Å². The molecule has 1 aromatic carbocycles. The molecule has 1 atom stereocenters. The van der Waals surface area contributed by atoms with Crippen molar-refractivity contribution in [1.29, 1.82) is 0 Å². The first-order valence-corrected chi connectivity index (χ1v) is 10.9. The van der Waals surface area contributed by atoms with Crippen molar-refractivity contribution < 1.29 is 18.7 Å². The predicted molar refractivity (Wildman–Crippen MR) is 113 cm³/mol. The van der Waals surface area contributed by atoms with Gasteiger partial charge in [-0.15, -0.1) is 0 Å². The molecule has 1 saturated heterocycles. The minimum atomic E-state index is -0.246. The number of amides is 2. The second kappa shape index (κ2) is 9.47. The summed E-state index contributed by atoms with van der Waals surface area (Å²) >= 11 is 0. The number of rotatable bonds is 5. The van der Waals surface area contributed by atoms with Gasteiger partial charge in [0.2, 0.25) is 5.91 Å². The molecule has 1 aliphatic heterocycles. The zero-order valence-electron chi connectivity index (χ0n) is 17.6. The summed E-state index contributed by atoms with van der Waals surface area (Å²) in [6.45, 7) is 3.27. The second-order valence-corrected chi connectivity index (χ2v) is 8.37. The maximum atomic E-state index is 13.1. The van der Waals surface area contributed by atoms with Gasteiger partial charge in [0.25, 0.3) is 5.91 Å². The van der Waals surface area contributed by atoms with Crippen LogP contribution in [0.4, 0.5) is 0 Å². The summed E-state index contributed by atoms with van der Waals surface area (Å²) in [5, 5.41) is 0. The van der Waals surface area contributed by atoms with Crippen LogP contribution < -0.4 is 0 Å². The van der Waals surface area contributed by atoms with Gasteiger partial charge in [0.1, 0.15) is 6.54 Å². The number of carbonyl (C=O) groups is 2. The highest BCUT2D eigenvalue weighted by molar-refractivity contribution is 5.95. The zero-order valence-corrected chi connectivity index (χ0v) is 17.6. The first kappa shape index (κ1) is 20.7. The highest BCUT2D eigenvalue weighted by Gasteiger charge is 2.36. The molecule has 30 heavy (non-hydrogen) atoms. The average molecular weight is 411 g/mol. The molecule has 2 aliphatic rings. The van der Waals surface area contributed by atoms with Crippen LogP contribution in [-0.2, 0) is 16.1 Å². The molecule has 160 valence electrons. The third-order valence-corrected chi connectivity index (χ3v) is 6.16. The number of hydrogen-bond acceptors (Lipinski definition) is 4. The fraction of sp³-hybridized carbons (Fsp3) is 0.500. The molecule has 2 aromatic rings. The molecular weight excluding hydrogens is 380 g/mol. The van der Waals surface area contributed by atoms with Crippen molar-refractivity contribution in [1.82, 2.24) is 9.80 Å². The van der Waals surface area contributed by atoms with Gasteiger partial charge in [0, 0.05) is 24.7 Å². The van der Waals surface area contributed by atoms with Crippen molar-refractivity contribution in [2.24, 2.45) is 0 Å². The summed E-state index contributed by atoms with van der Waals surface area (Å²) in [6, 6.07) is 12.0. The predicted octanol–water partition coefficient (Wildman–Crippen LogP) is 3.79. The Balaban J connectivity index is 1.53. The number of ether oxygens (including phenoxy) is 1. The Kier molecular flexibility index (Phi) is 6.53. The first-order valence-electron chi connectivity index (χ1n) is 10.9. The molecule has 2 fully saturated rings. The van der Waals surface area contributed by atoms with Gasteiger partial charge in [-0.3, -0.25) is 9.59 Å². The van der Waals surface area contributed by atoms with Crippen LogP contribution in [0.15, 0.2) is 47.1 Å². The molecule has 6 nitrogen and oxygen atoms in total. The summed E-state index contributed by atoms with van der Waals surface area (Å²) in [5.41, 5.74) is 1.86. The molecule has 2 heterocycles. The van der Waals surface area contributed by atoms with Gasteiger partial charge in [0.15, 0.2) is 5.76 Å². The van der Waals surface area contributed by atoms with Crippen LogP contribution in [0.2, 0.25) is 0 Å². The average Bonchev–Trinajstić information content (AvgIpc) is 3.13. The maximum Gasteiger partial charge on any atom is 0.290 e. The number of furan rings is 1. The number of hydrogen-bond donors (Lipinski definition) is 0. The smallest absolute Gasteiger partial charge is 0.290 e. The van der Waals surface area contributed by atoms with Gasteiger partial charge in [-0.1, -0.05) is 49.6 Å². The quantitative estimate of drug-likeness (QED) is 0.752. The van der Waals surface area contributed by atoms with Gasteiger partial charge >= 0.3 is 0 Å². The van der Waals surface area contributed by atoms with Crippen LogP contribution in [0.3, 0.4) is 0 Å². The molecular formula is C24H30N2O4. The molecule has 4 rings (SSSR count). The molecule has 2 amide bonds. The summed E-state index contributed by atoms with van der Waals surface area (Å²) in [4.78, 5) is 29.8. The standard InChI is InChI=1S/C24H30N2O4/c1-18-12-13-29-23(18)24(28)25-14-21(30-17-19-8-4-2-5-9-19)15-26(22(27)16-25)20-10-6-3-7-11-20/h2,4-5,8-9,12-13,20-21H,3,6-7,10-11,14-17H2,1H3. The Hall–Kier alpha value is -2.60. The van der Waals surface area contributed by atoms with Crippen molar-refractivity contribution in [3.8, 4) is 0 Å². The van der Waals surface area contributed by atoms with E-state index >= 15 is 0 Å². The summed E-state index contributed by atoms with van der Waals surface area (Å²) in [7, 11) is 0. The fourth-order valence-corrected chi connectivity index (χ4v) is 4.47. The van der Waals surface area contributed by atoms with Crippen molar-refractivity contribution in [3.63, 3.8) is 0 Å². The van der Waals surface area contributed by atoms with Gasteiger partial charge in [-0.05, 0) is 31.4 Å². The topological polar surface area (TPSA) is 63.0 Å². The van der Waals surface area contributed by atoms with Crippen molar-refractivity contribution in [3.05, 3.63) is 59.5 Å². The highest BCUT2D eigenvalue weighted by atomic mass is 16.5. The Labute approximate surface area is 177 Å². The SMILES string of the molecule is Cc1ccoc1C(=O)N1CC(=O)N(C2CCCCC2)CC(OCc2ccccc2)C1. The van der Waals surface area contributed by atoms with Crippen LogP contribution in [0.25, 0.3) is 0 Å². The van der Waals surface area contributed by atoms with E-state index in [1.807, 2.05) is 42.2 Å². The number of carbonyl (C=O) groups excluding carboxylic acids is 2. The normalized spacial score (nSPS) is 21.0. The van der Waals surface area contributed by atoms with E-state index in [-0.39, 0.29) is 30.5 Å². The number of nitrogens with zero attached hydrogens (tertiary/aromatic N) is 2. The first-order chi connectivity index (χ1) is 14.6. The lowest BCUT2D eigenvalue weighted by Crippen LogP contribution is -2.46. The minimum absolute atomic E-state index is 0.00488. The van der Waals surface area contributed by atoms with Gasteiger partial charge in [-0.2, -0.15) is 0 Å². The third-order valence-electron chi connectivity index (χ3n) is 6.16. The van der Waals surface area contributed by atoms with E-state index in [2.05, 4.69) is 0 Å². The fourth-order valence-electron chi connectivity index (χ4n) is 4.47. The van der Waals surface area contributed by atoms with E-state index in [4.69, 9.17) is 9.15 Å². The molecule has 1 aromatic heterocycles. The lowest BCUT2D eigenvalue weighted by Gasteiger charge is -2.34. The Bertz CT molecular complexity index is 857. The molecule has 1 aliphatic carbocycles. The van der Waals surface area contributed by atoms with Crippen LogP contribution in [0, 0.1) is 6.92 Å². The second-order valence-electron chi connectivity index (χ2n) is 8.37. The minimum Gasteiger partial charge on any atom is -0.459 e. The lowest BCUT2D eigenvalue weighted by atomic mass is 9.94. The Morgan fingerprint density at radius 3 is 2.57 bits per heavy atom. The summed E-state index contributed by atoms with van der Waals surface area (Å²) < 4.78 is 11.6. The maximum absolute atomic E-state index is 13.1. The molecule has 0 spiro atoms. The van der Waals surface area contributed by atoms with Crippen molar-refractivity contribution >= 4 is 11.8 Å². The highest BCUT2D eigenvalue weighted by Crippen LogP contribution is 2.25. The molecule has 0 bridgehead atoms. The van der Waals surface area contributed by atoms with Crippen molar-refractivity contribution in [2.75, 3.05) is 19.6 Å². The summed E-state index contributed by atoms with van der Waals surface area (Å²) in [6.07, 6.45) is 6.87. The molecule has 0 N–H and O–H groups in total. The van der Waals surface area contributed by atoms with E-state index in [0.717, 1.165) is 36.8 Å². The van der Waals surface area contributed by atoms with Gasteiger partial charge < -0.3 is 19.0 Å². The van der Waals surface area contributed by atoms with Gasteiger partial charge in [-0.25, -0.2) is 0 Å². The monoisotopic (exact) mass is 410 g/mol. The third kappa shape index (κ3) is 4.75. The summed E-state index contributed by atoms with van der Waals surface area (Å²) in [5.74, 6) is 0.0608. The largest absolute Gasteiger partial charge is 0.459 e. The Morgan fingerprint density at radius 1 is 1.10 bits per heavy atom. The number of benzene rings is 1. The Morgan fingerprint density at radius 2 is 1.87 bits per heavy atom. The lowest BCUT2D eigenvalue weighted by molar-refractivity contribution is -0.134. The van der Waals surface area contributed by atoms with Crippen LogP contribution >= 0.6 is 0 Å². The van der Waals surface area contributed by atoms with Crippen LogP contribution in [0.1, 0.15) is 53.8 Å². The van der Waals surface area contributed by atoms with E-state index < -0.39 is 0 Å². The number of aryl methyl sites for hydroxylation is 1. The van der Waals surface area contributed by atoms with Crippen LogP contribution in [-0.4, -0.2) is 53.4 Å². The van der Waals surface area contributed by atoms with E-state index in [0.29, 0.717) is 25.5 Å². The molecule has 0 radical (unpaired) electrons. The zero-order chi connectivity index (χ0) is 20.9. The van der Waals surface area contributed by atoms with E-state index in [1.165, 1.54) is 12.7 Å². The molecule has 1 unspecified atom stereocenters.